The number of fused-ring (bicyclic) bond motifs is 1. The van der Waals surface area contributed by atoms with Gasteiger partial charge < -0.3 is 15.0 Å². The summed E-state index contributed by atoms with van der Waals surface area (Å²) in [6.07, 6.45) is 2.03. The zero-order valence-corrected chi connectivity index (χ0v) is 10.6. The molecule has 0 amide bonds. The Morgan fingerprint density at radius 2 is 2.39 bits per heavy atom. The predicted molar refractivity (Wildman–Crippen MR) is 70.6 cm³/mol. The average Bonchev–Trinajstić information content (AvgIpc) is 2.92. The number of ketones is 1. The first kappa shape index (κ1) is 11.5. The van der Waals surface area contributed by atoms with E-state index in [1.165, 1.54) is 0 Å². The van der Waals surface area contributed by atoms with Gasteiger partial charge in [-0.25, -0.2) is 0 Å². The van der Waals surface area contributed by atoms with E-state index in [1.807, 2.05) is 25.2 Å². The molecule has 0 saturated carbocycles. The van der Waals surface area contributed by atoms with E-state index in [0.717, 1.165) is 42.9 Å². The number of likely N-dealkylation sites (N-methyl/N-ethyl adjacent to an activating group) is 1. The van der Waals surface area contributed by atoms with Crippen LogP contribution in [0, 0.1) is 0 Å². The Kier molecular flexibility index (Phi) is 2.96. The molecule has 2 heterocycles. The Morgan fingerprint density at radius 1 is 1.50 bits per heavy atom. The third-order valence-electron chi connectivity index (χ3n) is 3.72. The molecule has 4 heteroatoms. The van der Waals surface area contributed by atoms with Crippen molar-refractivity contribution in [2.75, 3.05) is 31.6 Å². The number of nitrogens with zero attached hydrogens (tertiary/aromatic N) is 1. The van der Waals surface area contributed by atoms with E-state index in [1.54, 1.807) is 0 Å². The smallest absolute Gasteiger partial charge is 0.179 e. The van der Waals surface area contributed by atoms with Crippen molar-refractivity contribution < 1.29 is 9.53 Å². The third-order valence-corrected chi connectivity index (χ3v) is 3.72. The molecule has 1 aromatic rings. The maximum atomic E-state index is 12.3. The van der Waals surface area contributed by atoms with Gasteiger partial charge in [-0.1, -0.05) is 0 Å². The number of carbonyl (C=O) groups excluding carboxylic acids is 1. The molecule has 0 aliphatic carbocycles. The number of rotatable bonds is 2. The number of anilines is 1. The highest BCUT2D eigenvalue weighted by atomic mass is 16.5. The second-order valence-electron chi connectivity index (χ2n) is 4.97. The molecule has 1 unspecified atom stereocenters. The largest absolute Gasteiger partial charge is 0.490 e. The summed E-state index contributed by atoms with van der Waals surface area (Å²) in [5, 5.41) is 3.25. The monoisotopic (exact) mass is 246 g/mol. The predicted octanol–water partition coefficient (Wildman–Crippen LogP) is 1.45. The van der Waals surface area contributed by atoms with E-state index >= 15 is 0 Å². The maximum Gasteiger partial charge on any atom is 0.179 e. The van der Waals surface area contributed by atoms with Gasteiger partial charge in [0.15, 0.2) is 5.78 Å². The molecule has 1 N–H and O–H groups in total. The molecule has 4 nitrogen and oxygen atoms in total. The lowest BCUT2D eigenvalue weighted by Gasteiger charge is -2.28. The quantitative estimate of drug-likeness (QED) is 0.802. The lowest BCUT2D eigenvalue weighted by atomic mass is 10.0. The minimum Gasteiger partial charge on any atom is -0.490 e. The van der Waals surface area contributed by atoms with Crippen molar-refractivity contribution in [3.05, 3.63) is 23.8 Å². The molecule has 2 aliphatic heterocycles. The molecule has 18 heavy (non-hydrogen) atoms. The zero-order valence-electron chi connectivity index (χ0n) is 10.6. The van der Waals surface area contributed by atoms with Gasteiger partial charge >= 0.3 is 0 Å². The van der Waals surface area contributed by atoms with Crippen molar-refractivity contribution in [2.45, 2.75) is 18.9 Å². The summed E-state index contributed by atoms with van der Waals surface area (Å²) in [5.41, 5.74) is 1.80. The van der Waals surface area contributed by atoms with Gasteiger partial charge in [0.25, 0.3) is 0 Å². The number of ether oxygens (including phenoxy) is 1. The van der Waals surface area contributed by atoms with E-state index in [9.17, 15) is 4.79 Å². The van der Waals surface area contributed by atoms with E-state index < -0.39 is 0 Å². The fourth-order valence-electron chi connectivity index (χ4n) is 2.61. The van der Waals surface area contributed by atoms with E-state index in [2.05, 4.69) is 10.2 Å². The summed E-state index contributed by atoms with van der Waals surface area (Å²) in [5.74, 6) is 1.08. The van der Waals surface area contributed by atoms with Crippen molar-refractivity contribution in [2.24, 2.45) is 0 Å². The van der Waals surface area contributed by atoms with Crippen molar-refractivity contribution in [3.8, 4) is 5.75 Å². The molecule has 0 aromatic heterocycles. The van der Waals surface area contributed by atoms with Gasteiger partial charge in [-0.2, -0.15) is 0 Å². The lowest BCUT2D eigenvalue weighted by Crippen LogP contribution is -2.32. The first-order chi connectivity index (χ1) is 8.75. The third kappa shape index (κ3) is 1.97. The molecule has 1 aromatic carbocycles. The molecule has 3 rings (SSSR count). The molecule has 0 bridgehead atoms. The zero-order chi connectivity index (χ0) is 12.5. The van der Waals surface area contributed by atoms with Gasteiger partial charge in [-0.3, -0.25) is 4.79 Å². The van der Waals surface area contributed by atoms with Crippen LogP contribution in [0.3, 0.4) is 0 Å². The highest BCUT2D eigenvalue weighted by Gasteiger charge is 2.25. The average molecular weight is 246 g/mol. The molecule has 96 valence electrons. The van der Waals surface area contributed by atoms with E-state index in [-0.39, 0.29) is 11.8 Å². The van der Waals surface area contributed by atoms with Gasteiger partial charge in [0, 0.05) is 12.6 Å². The van der Waals surface area contributed by atoms with Crippen LogP contribution in [0.15, 0.2) is 18.2 Å². The summed E-state index contributed by atoms with van der Waals surface area (Å²) in [6.45, 7) is 2.53. The minimum atomic E-state index is -0.00198. The van der Waals surface area contributed by atoms with Crippen molar-refractivity contribution in [1.82, 2.24) is 5.32 Å². The number of Topliss-reactive ketones (excluding diaryl/α,β-unsaturated/α-hetero) is 1. The summed E-state index contributed by atoms with van der Waals surface area (Å²) in [6, 6.07) is 5.74. The first-order valence-corrected chi connectivity index (χ1v) is 6.51. The molecular formula is C14H18N2O2. The Balaban J connectivity index is 1.89. The minimum absolute atomic E-state index is 0.00198. The van der Waals surface area contributed by atoms with Crippen LogP contribution in [-0.2, 0) is 0 Å². The number of hydrogen-bond donors (Lipinski definition) is 1. The Morgan fingerprint density at radius 3 is 3.17 bits per heavy atom. The second kappa shape index (κ2) is 4.61. The number of hydrogen-bond acceptors (Lipinski definition) is 4. The highest BCUT2D eigenvalue weighted by molar-refractivity contribution is 6.01. The van der Waals surface area contributed by atoms with Crippen LogP contribution < -0.4 is 15.0 Å². The first-order valence-electron chi connectivity index (χ1n) is 6.51. The van der Waals surface area contributed by atoms with E-state index in [0.29, 0.717) is 6.61 Å². The molecule has 1 saturated heterocycles. The van der Waals surface area contributed by atoms with Crippen LogP contribution in [0.25, 0.3) is 0 Å². The molecule has 0 spiro atoms. The van der Waals surface area contributed by atoms with Crippen LogP contribution in [0.2, 0.25) is 0 Å². The van der Waals surface area contributed by atoms with Gasteiger partial charge in [0.2, 0.25) is 0 Å². The lowest BCUT2D eigenvalue weighted by molar-refractivity contribution is 0.0952. The van der Waals surface area contributed by atoms with Crippen molar-refractivity contribution in [3.63, 3.8) is 0 Å². The highest BCUT2D eigenvalue weighted by Crippen LogP contribution is 2.32. The van der Waals surface area contributed by atoms with Crippen LogP contribution >= 0.6 is 0 Å². The normalized spacial score (nSPS) is 22.5. The molecule has 1 atom stereocenters. The standard InChI is InChI=1S/C14H18N2O2/c1-16-7-8-18-13-5-4-10(9-12(13)16)14(17)11-3-2-6-15-11/h4-5,9,11,15H,2-3,6-8H2,1H3. The van der Waals surface area contributed by atoms with Crippen molar-refractivity contribution >= 4 is 11.5 Å². The van der Waals surface area contributed by atoms with Crippen LogP contribution in [0.1, 0.15) is 23.2 Å². The van der Waals surface area contributed by atoms with Gasteiger partial charge in [-0.05, 0) is 37.6 Å². The van der Waals surface area contributed by atoms with Gasteiger partial charge in [-0.15, -0.1) is 0 Å². The Bertz CT molecular complexity index is 467. The summed E-state index contributed by atoms with van der Waals surface area (Å²) >= 11 is 0. The van der Waals surface area contributed by atoms with Crippen molar-refractivity contribution in [1.29, 1.82) is 0 Å². The molecular weight excluding hydrogens is 228 g/mol. The maximum absolute atomic E-state index is 12.3. The number of nitrogens with one attached hydrogen (secondary N) is 1. The second-order valence-corrected chi connectivity index (χ2v) is 4.97. The van der Waals surface area contributed by atoms with Crippen LogP contribution in [0.4, 0.5) is 5.69 Å². The number of benzene rings is 1. The molecule has 0 radical (unpaired) electrons. The van der Waals surface area contributed by atoms with Crippen LogP contribution in [0.5, 0.6) is 5.75 Å². The Labute approximate surface area is 107 Å². The molecule has 2 aliphatic rings. The van der Waals surface area contributed by atoms with Gasteiger partial charge in [0.1, 0.15) is 12.4 Å². The van der Waals surface area contributed by atoms with Gasteiger partial charge in [0.05, 0.1) is 18.3 Å². The summed E-state index contributed by atoms with van der Waals surface area (Å²) < 4.78 is 5.59. The summed E-state index contributed by atoms with van der Waals surface area (Å²) in [4.78, 5) is 14.5. The van der Waals surface area contributed by atoms with E-state index in [4.69, 9.17) is 4.74 Å². The SMILES string of the molecule is CN1CCOc2ccc(C(=O)C3CCCN3)cc21. The summed E-state index contributed by atoms with van der Waals surface area (Å²) in [7, 11) is 2.03. The Hall–Kier alpha value is -1.55. The number of carbonyl (C=O) groups is 1. The topological polar surface area (TPSA) is 41.6 Å². The fourth-order valence-corrected chi connectivity index (χ4v) is 2.61. The van der Waals surface area contributed by atoms with Crippen LogP contribution in [-0.4, -0.2) is 38.6 Å². The fraction of sp³-hybridized carbons (Fsp3) is 0.500. The molecule has 1 fully saturated rings.